The van der Waals surface area contributed by atoms with Crippen LogP contribution in [0.2, 0.25) is 0 Å². The molecule has 1 aromatic heterocycles. The van der Waals surface area contributed by atoms with Gasteiger partial charge in [0.15, 0.2) is 0 Å². The van der Waals surface area contributed by atoms with E-state index >= 15 is 0 Å². The first-order valence-electron chi connectivity index (χ1n) is 7.32. The van der Waals surface area contributed by atoms with Crippen LogP contribution < -0.4 is 10.6 Å². The topological polar surface area (TPSA) is 54.0 Å². The first-order valence-corrected chi connectivity index (χ1v) is 8.20. The highest BCUT2D eigenvalue weighted by Gasteiger charge is 2.06. The van der Waals surface area contributed by atoms with Crippen molar-refractivity contribution in [3.05, 3.63) is 71.2 Å². The fourth-order valence-electron chi connectivity index (χ4n) is 2.17. The zero-order chi connectivity index (χ0) is 16.1. The van der Waals surface area contributed by atoms with Crippen molar-refractivity contribution in [2.45, 2.75) is 13.5 Å². The lowest BCUT2D eigenvalue weighted by molar-refractivity contribution is 0.251. The van der Waals surface area contributed by atoms with E-state index in [0.29, 0.717) is 6.54 Å². The summed E-state index contributed by atoms with van der Waals surface area (Å²) in [7, 11) is 0. The van der Waals surface area contributed by atoms with E-state index in [1.54, 1.807) is 11.3 Å². The van der Waals surface area contributed by atoms with Gasteiger partial charge in [0.1, 0.15) is 5.01 Å². The normalized spacial score (nSPS) is 10.3. The molecule has 0 saturated carbocycles. The molecular formula is C18H17N3OS. The van der Waals surface area contributed by atoms with Crippen LogP contribution in [0.15, 0.2) is 60.0 Å². The third-order valence-corrected chi connectivity index (χ3v) is 4.22. The number of benzene rings is 2. The van der Waals surface area contributed by atoms with Gasteiger partial charge in [0, 0.05) is 16.6 Å². The first-order chi connectivity index (χ1) is 11.2. The van der Waals surface area contributed by atoms with Crippen molar-refractivity contribution in [3.63, 3.8) is 0 Å². The van der Waals surface area contributed by atoms with E-state index in [-0.39, 0.29) is 6.03 Å². The molecule has 0 atom stereocenters. The Kier molecular flexibility index (Phi) is 4.68. The molecule has 4 nitrogen and oxygen atoms in total. The van der Waals surface area contributed by atoms with Gasteiger partial charge in [-0.3, -0.25) is 0 Å². The second kappa shape index (κ2) is 7.07. The molecule has 2 aromatic carbocycles. The fourth-order valence-corrected chi connectivity index (χ4v) is 3.00. The number of thiazole rings is 1. The minimum Gasteiger partial charge on any atom is -0.332 e. The van der Waals surface area contributed by atoms with Gasteiger partial charge in [-0.25, -0.2) is 9.78 Å². The van der Waals surface area contributed by atoms with Gasteiger partial charge in [-0.05, 0) is 24.6 Å². The summed E-state index contributed by atoms with van der Waals surface area (Å²) in [5.74, 6) is 0. The number of aromatic nitrogens is 1. The molecule has 0 aliphatic rings. The SMILES string of the molecule is Cc1cccc(NC(=O)NCc2csc(-c3ccccc3)n2)c1. The highest BCUT2D eigenvalue weighted by molar-refractivity contribution is 7.13. The number of aryl methyl sites for hydroxylation is 1. The average Bonchev–Trinajstić information content (AvgIpc) is 3.03. The number of nitrogens with zero attached hydrogens (tertiary/aromatic N) is 1. The van der Waals surface area contributed by atoms with Gasteiger partial charge in [0.2, 0.25) is 0 Å². The number of carbonyl (C=O) groups is 1. The molecule has 0 saturated heterocycles. The summed E-state index contributed by atoms with van der Waals surface area (Å²) in [5, 5.41) is 8.57. The third kappa shape index (κ3) is 4.17. The largest absolute Gasteiger partial charge is 0.332 e. The summed E-state index contributed by atoms with van der Waals surface area (Å²) >= 11 is 1.58. The van der Waals surface area contributed by atoms with Crippen LogP contribution in [0, 0.1) is 6.92 Å². The Balaban J connectivity index is 1.56. The standard InChI is InChI=1S/C18H17N3OS/c1-13-6-5-9-15(10-13)21-18(22)19-11-16-12-23-17(20-16)14-7-3-2-4-8-14/h2-10,12H,11H2,1H3,(H2,19,21,22). The summed E-state index contributed by atoms with van der Waals surface area (Å²) in [5.41, 5.74) is 3.83. The molecule has 0 aliphatic heterocycles. The number of urea groups is 1. The summed E-state index contributed by atoms with van der Waals surface area (Å²) < 4.78 is 0. The predicted octanol–water partition coefficient (Wildman–Crippen LogP) is 4.44. The monoisotopic (exact) mass is 323 g/mol. The molecule has 3 aromatic rings. The minimum absolute atomic E-state index is 0.232. The van der Waals surface area contributed by atoms with Crippen LogP contribution in [0.4, 0.5) is 10.5 Å². The molecule has 23 heavy (non-hydrogen) atoms. The first kappa shape index (κ1) is 15.2. The van der Waals surface area contributed by atoms with E-state index in [1.807, 2.05) is 66.9 Å². The Morgan fingerprint density at radius 3 is 2.74 bits per heavy atom. The fraction of sp³-hybridized carbons (Fsp3) is 0.111. The van der Waals surface area contributed by atoms with Gasteiger partial charge in [0.05, 0.1) is 12.2 Å². The molecule has 1 heterocycles. The van der Waals surface area contributed by atoms with Crippen molar-refractivity contribution >= 4 is 23.1 Å². The zero-order valence-corrected chi connectivity index (χ0v) is 13.6. The van der Waals surface area contributed by atoms with Gasteiger partial charge < -0.3 is 10.6 Å². The quantitative estimate of drug-likeness (QED) is 0.746. The molecule has 2 amide bonds. The van der Waals surface area contributed by atoms with Crippen LogP contribution >= 0.6 is 11.3 Å². The lowest BCUT2D eigenvalue weighted by Gasteiger charge is -2.07. The maximum Gasteiger partial charge on any atom is 0.319 e. The molecule has 0 unspecified atom stereocenters. The highest BCUT2D eigenvalue weighted by Crippen LogP contribution is 2.23. The number of hydrogen-bond acceptors (Lipinski definition) is 3. The van der Waals surface area contributed by atoms with E-state index in [4.69, 9.17) is 0 Å². The molecular weight excluding hydrogens is 306 g/mol. The molecule has 0 aliphatic carbocycles. The van der Waals surface area contributed by atoms with Crippen LogP contribution in [-0.2, 0) is 6.54 Å². The third-order valence-electron chi connectivity index (χ3n) is 3.28. The van der Waals surface area contributed by atoms with Crippen LogP contribution in [0.3, 0.4) is 0 Å². The number of anilines is 1. The number of amides is 2. The van der Waals surface area contributed by atoms with E-state index in [2.05, 4.69) is 15.6 Å². The van der Waals surface area contributed by atoms with E-state index < -0.39 is 0 Å². The van der Waals surface area contributed by atoms with E-state index in [0.717, 1.165) is 27.5 Å². The van der Waals surface area contributed by atoms with Crippen LogP contribution in [0.1, 0.15) is 11.3 Å². The summed E-state index contributed by atoms with van der Waals surface area (Å²) in [6.07, 6.45) is 0. The number of rotatable bonds is 4. The Bertz CT molecular complexity index is 799. The summed E-state index contributed by atoms with van der Waals surface area (Å²) in [6, 6.07) is 17.5. The molecule has 0 bridgehead atoms. The van der Waals surface area contributed by atoms with E-state index in [1.165, 1.54) is 0 Å². The Labute approximate surface area is 139 Å². The van der Waals surface area contributed by atoms with Crippen molar-refractivity contribution in [2.24, 2.45) is 0 Å². The minimum atomic E-state index is -0.232. The number of nitrogens with one attached hydrogen (secondary N) is 2. The Hall–Kier alpha value is -2.66. The van der Waals surface area contributed by atoms with Crippen molar-refractivity contribution in [2.75, 3.05) is 5.32 Å². The van der Waals surface area contributed by atoms with E-state index in [9.17, 15) is 4.79 Å². The maximum absolute atomic E-state index is 11.9. The van der Waals surface area contributed by atoms with Gasteiger partial charge in [0.25, 0.3) is 0 Å². The average molecular weight is 323 g/mol. The summed E-state index contributed by atoms with van der Waals surface area (Å²) in [4.78, 5) is 16.5. The number of carbonyl (C=O) groups excluding carboxylic acids is 1. The molecule has 0 radical (unpaired) electrons. The van der Waals surface area contributed by atoms with Crippen molar-refractivity contribution in [3.8, 4) is 10.6 Å². The van der Waals surface area contributed by atoms with Crippen LogP contribution in [0.5, 0.6) is 0 Å². The Morgan fingerprint density at radius 1 is 1.13 bits per heavy atom. The second-order valence-electron chi connectivity index (χ2n) is 5.19. The summed E-state index contributed by atoms with van der Waals surface area (Å²) in [6.45, 7) is 2.39. The molecule has 0 fully saturated rings. The van der Waals surface area contributed by atoms with Crippen molar-refractivity contribution in [1.29, 1.82) is 0 Å². The van der Waals surface area contributed by atoms with Crippen molar-refractivity contribution < 1.29 is 4.79 Å². The molecule has 2 N–H and O–H groups in total. The molecule has 3 rings (SSSR count). The zero-order valence-electron chi connectivity index (χ0n) is 12.7. The molecule has 116 valence electrons. The second-order valence-corrected chi connectivity index (χ2v) is 6.05. The smallest absolute Gasteiger partial charge is 0.319 e. The van der Waals surface area contributed by atoms with Gasteiger partial charge in [-0.1, -0.05) is 42.5 Å². The van der Waals surface area contributed by atoms with Gasteiger partial charge >= 0.3 is 6.03 Å². The molecule has 0 spiro atoms. The Morgan fingerprint density at radius 2 is 1.96 bits per heavy atom. The lowest BCUT2D eigenvalue weighted by atomic mass is 10.2. The highest BCUT2D eigenvalue weighted by atomic mass is 32.1. The van der Waals surface area contributed by atoms with Gasteiger partial charge in [-0.15, -0.1) is 11.3 Å². The van der Waals surface area contributed by atoms with Gasteiger partial charge in [-0.2, -0.15) is 0 Å². The number of hydrogen-bond donors (Lipinski definition) is 2. The predicted molar refractivity (Wildman–Crippen MR) is 94.6 cm³/mol. The van der Waals surface area contributed by atoms with Crippen molar-refractivity contribution in [1.82, 2.24) is 10.3 Å². The lowest BCUT2D eigenvalue weighted by Crippen LogP contribution is -2.28. The van der Waals surface area contributed by atoms with Crippen LogP contribution in [0.25, 0.3) is 10.6 Å². The molecule has 5 heteroatoms. The maximum atomic E-state index is 11.9. The van der Waals surface area contributed by atoms with Crippen LogP contribution in [-0.4, -0.2) is 11.0 Å².